The van der Waals surface area contributed by atoms with E-state index in [4.69, 9.17) is 5.63 Å². The van der Waals surface area contributed by atoms with Crippen molar-refractivity contribution < 1.29 is 97.7 Å². The van der Waals surface area contributed by atoms with E-state index in [1.54, 1.807) is 0 Å². The van der Waals surface area contributed by atoms with E-state index in [9.17, 15) is 43.2 Å². The standard InChI is InChI=1S/2C8H7F3O3S.2ClH.Zr/c2*1-15(13,14)7-5(8(9,10)11)3-2-4-6(7)12;;;/h2*2-4,12H,1H3;2*1H;/q;;;;+4/p-4. The summed E-state index contributed by atoms with van der Waals surface area (Å²) in [4.78, 5) is -2.31. The van der Waals surface area contributed by atoms with Gasteiger partial charge >= 0.3 is 186 Å². The van der Waals surface area contributed by atoms with E-state index in [2.05, 4.69) is 0 Å². The molecule has 2 aromatic rings. The number of hydrogen-bond donors (Lipinski definition) is 0. The summed E-state index contributed by atoms with van der Waals surface area (Å²) in [5.74, 6) is -1.39. The van der Waals surface area contributed by atoms with Gasteiger partial charge in [-0.05, 0) is 0 Å². The first-order chi connectivity index (χ1) is 13.9. The van der Waals surface area contributed by atoms with Crippen LogP contribution in [-0.2, 0) is 56.1 Å². The summed E-state index contributed by atoms with van der Waals surface area (Å²) in [5.41, 5.74) is -2.97. The summed E-state index contributed by atoms with van der Waals surface area (Å²) in [5, 5.41) is 0. The Labute approximate surface area is 210 Å². The second-order valence-corrected chi connectivity index (χ2v) is 11.4. The fourth-order valence-electron chi connectivity index (χ4n) is 2.51. The van der Waals surface area contributed by atoms with Crippen LogP contribution < -0.4 is 30.4 Å². The van der Waals surface area contributed by atoms with Gasteiger partial charge in [0.2, 0.25) is 0 Å². The number of hydrogen-bond acceptors (Lipinski definition) is 6. The van der Waals surface area contributed by atoms with Crippen molar-refractivity contribution in [1.82, 2.24) is 0 Å². The third kappa shape index (κ3) is 8.02. The molecule has 2 rings (SSSR count). The Balaban J connectivity index is 0.00000512. The maximum absolute atomic E-state index is 13.2. The first kappa shape index (κ1) is 32.0. The van der Waals surface area contributed by atoms with E-state index in [1.165, 1.54) is 0 Å². The quantitative estimate of drug-likeness (QED) is 0.337. The van der Waals surface area contributed by atoms with Gasteiger partial charge in [-0.2, -0.15) is 0 Å². The van der Waals surface area contributed by atoms with Crippen LogP contribution in [0.1, 0.15) is 11.1 Å². The molecule has 0 saturated heterocycles. The minimum Gasteiger partial charge on any atom is -1.00 e. The summed E-state index contributed by atoms with van der Waals surface area (Å²) < 4.78 is 137. The van der Waals surface area contributed by atoms with Crippen LogP contribution in [0.5, 0.6) is 11.5 Å². The number of benzene rings is 2. The molecule has 0 fully saturated rings. The van der Waals surface area contributed by atoms with Crippen LogP contribution in [0.2, 0.25) is 0 Å². The summed E-state index contributed by atoms with van der Waals surface area (Å²) >= 11 is -2.85. The van der Waals surface area contributed by atoms with Crippen LogP contribution in [0.4, 0.5) is 26.3 Å². The Kier molecular flexibility index (Phi) is 10.8. The Morgan fingerprint density at radius 3 is 1.21 bits per heavy atom. The molecule has 33 heavy (non-hydrogen) atoms. The zero-order chi connectivity index (χ0) is 23.8. The summed E-state index contributed by atoms with van der Waals surface area (Å²) in [6, 6.07) is 4.70. The van der Waals surface area contributed by atoms with Gasteiger partial charge in [-0.15, -0.1) is 0 Å². The van der Waals surface area contributed by atoms with E-state index in [0.29, 0.717) is 24.6 Å². The Morgan fingerprint density at radius 1 is 0.667 bits per heavy atom. The van der Waals surface area contributed by atoms with Crippen molar-refractivity contribution in [2.45, 2.75) is 22.1 Å². The molecule has 0 unspecified atom stereocenters. The zero-order valence-corrected chi connectivity index (χ0v) is 21.9. The van der Waals surface area contributed by atoms with Gasteiger partial charge in [-0.25, -0.2) is 0 Å². The molecule has 0 heterocycles. The van der Waals surface area contributed by atoms with Crippen LogP contribution in [0.15, 0.2) is 46.2 Å². The molecule has 0 N–H and O–H groups in total. The Bertz CT molecular complexity index is 1110. The van der Waals surface area contributed by atoms with Gasteiger partial charge in [-0.3, -0.25) is 0 Å². The van der Waals surface area contributed by atoms with Crippen molar-refractivity contribution in [3.63, 3.8) is 0 Å². The van der Waals surface area contributed by atoms with Crippen LogP contribution in [0.25, 0.3) is 0 Å². The Hall–Kier alpha value is -1.02. The van der Waals surface area contributed by atoms with Crippen molar-refractivity contribution in [3.8, 4) is 11.5 Å². The third-order valence-electron chi connectivity index (χ3n) is 3.61. The van der Waals surface area contributed by atoms with Gasteiger partial charge in [-0.1, -0.05) is 0 Å². The molecule has 0 atom stereocenters. The summed E-state index contributed by atoms with van der Waals surface area (Å²) in [6.07, 6.45) is -8.97. The molecular formula is C16H12Cl2F6O6S2Zr. The number of alkyl halides is 6. The van der Waals surface area contributed by atoms with E-state index < -0.39 is 88.6 Å². The van der Waals surface area contributed by atoms with Crippen LogP contribution >= 0.6 is 0 Å². The van der Waals surface area contributed by atoms with E-state index in [0.717, 1.165) is 24.3 Å². The van der Waals surface area contributed by atoms with Gasteiger partial charge < -0.3 is 24.8 Å². The monoisotopic (exact) mass is 638 g/mol. The minimum absolute atomic E-state index is 0. The predicted molar refractivity (Wildman–Crippen MR) is 90.4 cm³/mol. The molecule has 0 radical (unpaired) electrons. The number of sulfone groups is 2. The molecule has 0 aliphatic carbocycles. The van der Waals surface area contributed by atoms with Gasteiger partial charge in [0.05, 0.1) is 0 Å². The van der Waals surface area contributed by atoms with Crippen molar-refractivity contribution in [2.75, 3.05) is 12.5 Å². The third-order valence-corrected chi connectivity index (χ3v) is 7.43. The smallest absolute Gasteiger partial charge is 1.00 e. The van der Waals surface area contributed by atoms with Crippen molar-refractivity contribution in [1.29, 1.82) is 0 Å². The molecule has 17 heteroatoms. The maximum atomic E-state index is 13.2. The largest absolute Gasteiger partial charge is 1.00 e. The molecule has 6 nitrogen and oxygen atoms in total. The fourth-order valence-corrected chi connectivity index (χ4v) is 6.37. The van der Waals surface area contributed by atoms with Crippen LogP contribution in [-0.4, -0.2) is 29.3 Å². The van der Waals surface area contributed by atoms with Crippen molar-refractivity contribution >= 4 is 19.7 Å². The van der Waals surface area contributed by atoms with E-state index >= 15 is 0 Å². The molecule has 0 aromatic heterocycles. The zero-order valence-electron chi connectivity index (χ0n) is 16.3. The average Bonchev–Trinajstić information content (AvgIpc) is 2.58. The average molecular weight is 641 g/mol. The topological polar surface area (TPSA) is 86.7 Å². The second kappa shape index (κ2) is 11.1. The van der Waals surface area contributed by atoms with E-state index in [-0.39, 0.29) is 24.8 Å². The van der Waals surface area contributed by atoms with Crippen molar-refractivity contribution in [3.05, 3.63) is 47.5 Å². The first-order valence-corrected chi connectivity index (χ1v) is 13.6. The Morgan fingerprint density at radius 2 is 0.970 bits per heavy atom. The van der Waals surface area contributed by atoms with Gasteiger partial charge in [0.1, 0.15) is 0 Å². The molecule has 2 aromatic carbocycles. The molecule has 0 saturated carbocycles. The van der Waals surface area contributed by atoms with Crippen molar-refractivity contribution in [2.24, 2.45) is 0 Å². The van der Waals surface area contributed by atoms with Gasteiger partial charge in [0, 0.05) is 0 Å². The molecule has 0 aliphatic rings. The molecule has 0 amide bonds. The SMILES string of the molecule is CS(=O)(=O)c1c([O][Zr+2][O]c2cccc(C(F)(F)F)c2S(C)(=O)=O)cccc1C(F)(F)F.[Cl-].[Cl-]. The molecule has 0 spiro atoms. The normalized spacial score (nSPS) is 12.1. The van der Waals surface area contributed by atoms with Gasteiger partial charge in [0.25, 0.3) is 0 Å². The summed E-state index contributed by atoms with van der Waals surface area (Å²) in [7, 11) is -8.84. The number of rotatable bonds is 6. The molecule has 0 aliphatic heterocycles. The summed E-state index contributed by atoms with van der Waals surface area (Å²) in [6.45, 7) is 0. The molecule has 0 bridgehead atoms. The molecular weight excluding hydrogens is 628 g/mol. The maximum Gasteiger partial charge on any atom is -1.00 e. The van der Waals surface area contributed by atoms with E-state index in [1.807, 2.05) is 0 Å². The second-order valence-electron chi connectivity index (χ2n) is 6.09. The van der Waals surface area contributed by atoms with Crippen LogP contribution in [0, 0.1) is 0 Å². The predicted octanol–water partition coefficient (Wildman–Crippen LogP) is -2.09. The first-order valence-electron chi connectivity index (χ1n) is 7.83. The number of halogens is 8. The fraction of sp³-hybridized carbons (Fsp3) is 0.250. The minimum atomic E-state index is -5.02. The molecule has 184 valence electrons. The van der Waals surface area contributed by atoms with Gasteiger partial charge in [0.15, 0.2) is 0 Å². The van der Waals surface area contributed by atoms with Crippen LogP contribution in [0.3, 0.4) is 0 Å².